The van der Waals surface area contributed by atoms with Crippen LogP contribution < -0.4 is 0 Å². The lowest BCUT2D eigenvalue weighted by molar-refractivity contribution is 0.0992. The lowest BCUT2D eigenvalue weighted by Crippen LogP contribution is -2.40. The molecule has 7 rings (SSSR count). The lowest BCUT2D eigenvalue weighted by atomic mass is 9.96. The molecule has 1 N–H and O–H groups in total. The molecule has 1 saturated carbocycles. The number of imidazole rings is 1. The van der Waals surface area contributed by atoms with E-state index in [1.165, 1.54) is 47.9 Å². The number of hydrogen-bond acceptors (Lipinski definition) is 4. The molecular formula is C36H36N4O2. The van der Waals surface area contributed by atoms with E-state index < -0.39 is 0 Å². The normalized spacial score (nSPS) is 18.8. The third kappa shape index (κ3) is 5.54. The molecule has 1 atom stereocenters. The number of aromatic nitrogens is 2. The Balaban J connectivity index is 0.960. The molecule has 0 bridgehead atoms. The molecule has 2 fully saturated rings. The average molecular weight is 557 g/mol. The minimum absolute atomic E-state index is 0.00364. The van der Waals surface area contributed by atoms with E-state index in [0.717, 1.165) is 47.6 Å². The first-order valence-electron chi connectivity index (χ1n) is 15.2. The number of amides is 1. The third-order valence-electron chi connectivity index (χ3n) is 8.96. The molecule has 3 aromatic carbocycles. The summed E-state index contributed by atoms with van der Waals surface area (Å²) in [7, 11) is 0. The monoisotopic (exact) mass is 556 g/mol. The van der Waals surface area contributed by atoms with Crippen molar-refractivity contribution in [3.8, 4) is 22.4 Å². The summed E-state index contributed by atoms with van der Waals surface area (Å²) in [4.78, 5) is 27.7. The summed E-state index contributed by atoms with van der Waals surface area (Å²) in [5.41, 5.74) is 9.03. The van der Waals surface area contributed by atoms with Crippen molar-refractivity contribution < 1.29 is 9.53 Å². The van der Waals surface area contributed by atoms with Crippen LogP contribution in [0.2, 0.25) is 0 Å². The fraction of sp³-hybridized carbons (Fsp3) is 0.306. The number of H-pyrrole nitrogens is 1. The van der Waals surface area contributed by atoms with Crippen molar-refractivity contribution in [1.29, 1.82) is 0 Å². The van der Waals surface area contributed by atoms with Gasteiger partial charge in [0.1, 0.15) is 12.4 Å². The Kier molecular flexibility index (Phi) is 7.43. The van der Waals surface area contributed by atoms with Gasteiger partial charge in [-0.05, 0) is 59.1 Å². The van der Waals surface area contributed by atoms with E-state index in [1.54, 1.807) is 0 Å². The summed E-state index contributed by atoms with van der Waals surface area (Å²) in [6.45, 7) is 1.00. The molecule has 1 saturated heterocycles. The molecule has 1 amide bonds. The minimum Gasteiger partial charge on any atom is -0.445 e. The van der Waals surface area contributed by atoms with Crippen LogP contribution in [0.1, 0.15) is 67.8 Å². The summed E-state index contributed by atoms with van der Waals surface area (Å²) in [5, 5.41) is 0. The highest BCUT2D eigenvalue weighted by Crippen LogP contribution is 2.34. The number of allylic oxidation sites excluding steroid dienone is 1. The van der Waals surface area contributed by atoms with Gasteiger partial charge in [-0.1, -0.05) is 91.7 Å². The van der Waals surface area contributed by atoms with Crippen molar-refractivity contribution in [2.75, 3.05) is 6.54 Å². The van der Waals surface area contributed by atoms with E-state index in [0.29, 0.717) is 19.1 Å². The van der Waals surface area contributed by atoms with E-state index in [4.69, 9.17) is 9.73 Å². The van der Waals surface area contributed by atoms with Gasteiger partial charge in [0.2, 0.25) is 0 Å². The number of carbonyl (C=O) groups is 1. The van der Waals surface area contributed by atoms with Gasteiger partial charge < -0.3 is 9.72 Å². The Morgan fingerprint density at radius 1 is 0.833 bits per heavy atom. The highest BCUT2D eigenvalue weighted by Gasteiger charge is 2.35. The van der Waals surface area contributed by atoms with Crippen molar-refractivity contribution in [2.45, 2.75) is 63.5 Å². The minimum atomic E-state index is -0.255. The van der Waals surface area contributed by atoms with Gasteiger partial charge in [0, 0.05) is 30.8 Å². The first-order valence-corrected chi connectivity index (χ1v) is 15.2. The molecule has 0 radical (unpaired) electrons. The number of aromatic amines is 1. The predicted molar refractivity (Wildman–Crippen MR) is 167 cm³/mol. The number of ether oxygens (including phenoxy) is 1. The van der Waals surface area contributed by atoms with Crippen LogP contribution in [0.4, 0.5) is 4.79 Å². The molecule has 4 aromatic rings. The molecule has 1 aromatic heterocycles. The van der Waals surface area contributed by atoms with Crippen LogP contribution >= 0.6 is 0 Å². The van der Waals surface area contributed by atoms with Crippen LogP contribution in [0.25, 0.3) is 28.0 Å². The van der Waals surface area contributed by atoms with Crippen molar-refractivity contribution in [3.63, 3.8) is 0 Å². The summed E-state index contributed by atoms with van der Waals surface area (Å²) in [5.74, 6) is 1.73. The second-order valence-corrected chi connectivity index (χ2v) is 11.7. The molecule has 0 spiro atoms. The van der Waals surface area contributed by atoms with Gasteiger partial charge in [-0.3, -0.25) is 9.89 Å². The Morgan fingerprint density at radius 2 is 1.52 bits per heavy atom. The van der Waals surface area contributed by atoms with Crippen LogP contribution in [-0.2, 0) is 11.3 Å². The summed E-state index contributed by atoms with van der Waals surface area (Å²) >= 11 is 0. The van der Waals surface area contributed by atoms with E-state index in [9.17, 15) is 4.79 Å². The maximum absolute atomic E-state index is 12.9. The number of nitrogens with zero attached hydrogens (tertiary/aromatic N) is 3. The van der Waals surface area contributed by atoms with Crippen molar-refractivity contribution in [3.05, 3.63) is 108 Å². The molecular weight excluding hydrogens is 520 g/mol. The van der Waals surface area contributed by atoms with Crippen molar-refractivity contribution in [1.82, 2.24) is 14.9 Å². The Bertz CT molecular complexity index is 1600. The molecule has 6 nitrogen and oxygen atoms in total. The smallest absolute Gasteiger partial charge is 0.410 e. The molecule has 212 valence electrons. The second-order valence-electron chi connectivity index (χ2n) is 11.7. The van der Waals surface area contributed by atoms with Gasteiger partial charge in [0.05, 0.1) is 17.9 Å². The molecule has 0 unspecified atom stereocenters. The first-order chi connectivity index (χ1) is 20.7. The van der Waals surface area contributed by atoms with E-state index >= 15 is 0 Å². The van der Waals surface area contributed by atoms with Crippen LogP contribution in [0, 0.1) is 0 Å². The number of nitrogens with one attached hydrogen (secondary N) is 1. The number of hydrogen-bond donors (Lipinski definition) is 1. The number of likely N-dealkylation sites (tertiary alicyclic amines) is 1. The van der Waals surface area contributed by atoms with Gasteiger partial charge in [-0.2, -0.15) is 0 Å². The highest BCUT2D eigenvalue weighted by atomic mass is 16.6. The SMILES string of the molecule is O=C(OCc1ccccc1)N1CCC[C@H]1C1=NC=C(c2ccc(-c3ccc(-c4cnc(C5CCCC5)[nH]4)cc3)cc2)C1. The Morgan fingerprint density at radius 3 is 2.26 bits per heavy atom. The zero-order valence-corrected chi connectivity index (χ0v) is 23.8. The number of rotatable bonds is 7. The fourth-order valence-electron chi connectivity index (χ4n) is 6.57. The Labute approximate surface area is 247 Å². The Hall–Kier alpha value is -4.45. The largest absolute Gasteiger partial charge is 0.445 e. The number of carbonyl (C=O) groups excluding carboxylic acids is 1. The van der Waals surface area contributed by atoms with Gasteiger partial charge in [0.25, 0.3) is 0 Å². The van der Waals surface area contributed by atoms with E-state index in [-0.39, 0.29) is 12.1 Å². The third-order valence-corrected chi connectivity index (χ3v) is 8.96. The topological polar surface area (TPSA) is 70.6 Å². The van der Waals surface area contributed by atoms with E-state index in [1.807, 2.05) is 47.6 Å². The van der Waals surface area contributed by atoms with Gasteiger partial charge in [-0.15, -0.1) is 0 Å². The number of aliphatic imine (C=N–C) groups is 1. The van der Waals surface area contributed by atoms with Crippen LogP contribution in [0.5, 0.6) is 0 Å². The summed E-state index contributed by atoms with van der Waals surface area (Å²) < 4.78 is 5.63. The molecule has 3 aliphatic rings. The van der Waals surface area contributed by atoms with Gasteiger partial charge in [0.15, 0.2) is 0 Å². The molecule has 42 heavy (non-hydrogen) atoms. The number of benzene rings is 3. The van der Waals surface area contributed by atoms with Crippen molar-refractivity contribution in [2.24, 2.45) is 4.99 Å². The molecule has 2 aliphatic heterocycles. The van der Waals surface area contributed by atoms with Crippen LogP contribution in [0.3, 0.4) is 0 Å². The highest BCUT2D eigenvalue weighted by molar-refractivity contribution is 6.03. The first kappa shape index (κ1) is 26.4. The summed E-state index contributed by atoms with van der Waals surface area (Å²) in [6.07, 6.45) is 11.4. The van der Waals surface area contributed by atoms with Gasteiger partial charge >= 0.3 is 6.09 Å². The standard InChI is InChI=1S/C36H36N4O2/c41-36(42-24-25-7-2-1-3-8-25)40-20-6-11-34(40)32-21-31(22-37-32)28-14-12-26(13-15-28)27-16-18-29(19-17-27)33-23-38-35(39-33)30-9-4-5-10-30/h1-3,7-8,12-19,22-23,30,34H,4-6,9-11,20-21,24H2,(H,38,39)/t34-/m0/s1. The molecule has 6 heteroatoms. The quantitative estimate of drug-likeness (QED) is 0.248. The second kappa shape index (κ2) is 11.8. The predicted octanol–water partition coefficient (Wildman–Crippen LogP) is 8.39. The zero-order valence-electron chi connectivity index (χ0n) is 23.8. The fourth-order valence-corrected chi connectivity index (χ4v) is 6.57. The van der Waals surface area contributed by atoms with E-state index in [2.05, 4.69) is 58.5 Å². The molecule has 3 heterocycles. The zero-order chi connectivity index (χ0) is 28.3. The maximum Gasteiger partial charge on any atom is 0.410 e. The average Bonchev–Trinajstić information content (AvgIpc) is 3.87. The maximum atomic E-state index is 12.9. The lowest BCUT2D eigenvalue weighted by Gasteiger charge is -2.24. The van der Waals surface area contributed by atoms with Crippen molar-refractivity contribution >= 4 is 17.4 Å². The summed E-state index contributed by atoms with van der Waals surface area (Å²) in [6, 6.07) is 27.3. The van der Waals surface area contributed by atoms with Crippen LogP contribution in [-0.4, -0.2) is 39.3 Å². The molecule has 1 aliphatic carbocycles. The van der Waals surface area contributed by atoms with Crippen LogP contribution in [0.15, 0.2) is 96.3 Å². The van der Waals surface area contributed by atoms with Gasteiger partial charge in [-0.25, -0.2) is 9.78 Å².